The van der Waals surface area contributed by atoms with Crippen molar-refractivity contribution in [1.29, 1.82) is 0 Å². The van der Waals surface area contributed by atoms with Gasteiger partial charge >= 0.3 is 0 Å². The van der Waals surface area contributed by atoms with Gasteiger partial charge in [0, 0.05) is 0 Å². The summed E-state index contributed by atoms with van der Waals surface area (Å²) < 4.78 is 49.4. The fraction of sp³-hybridized carbons (Fsp3) is 0.417. The summed E-state index contributed by atoms with van der Waals surface area (Å²) in [6.45, 7) is 5.75. The molecule has 0 radical (unpaired) electrons. The van der Waals surface area contributed by atoms with E-state index >= 15 is 0 Å². The lowest BCUT2D eigenvalue weighted by Gasteiger charge is -2.28. The van der Waals surface area contributed by atoms with Crippen LogP contribution in [0.4, 0.5) is 13.2 Å². The highest BCUT2D eigenvalue weighted by Crippen LogP contribution is 2.40. The number of ether oxygens (including phenoxy) is 1. The Morgan fingerprint density at radius 3 is 2.50 bits per heavy atom. The number of hydrogen-bond acceptors (Lipinski definition) is 1. The van der Waals surface area contributed by atoms with Crippen molar-refractivity contribution in [1.82, 2.24) is 0 Å². The molecule has 1 nitrogen and oxygen atoms in total. The third-order valence-corrected chi connectivity index (χ3v) is 5.55. The standard InChI is InChI=1S/C24H27F3O/c1-3-5-6-7-16-8-10-17(11-9-16)19-15-18-12-13-20(28-14-4-2)23(26)21(18)24(27)22(19)25/h4,6-7,12-13,15-17H,2-3,5,8-11,14H2,1H3/b7-6+. The van der Waals surface area contributed by atoms with Gasteiger partial charge in [0.05, 0.1) is 5.39 Å². The summed E-state index contributed by atoms with van der Waals surface area (Å²) in [5.74, 6) is -2.55. The van der Waals surface area contributed by atoms with Crippen molar-refractivity contribution in [2.24, 2.45) is 5.92 Å². The second-order valence-electron chi connectivity index (χ2n) is 7.50. The molecule has 0 N–H and O–H groups in total. The molecule has 3 rings (SSSR count). The van der Waals surface area contributed by atoms with Gasteiger partial charge in [-0.25, -0.2) is 13.2 Å². The topological polar surface area (TPSA) is 9.23 Å². The van der Waals surface area contributed by atoms with Gasteiger partial charge in [0.25, 0.3) is 0 Å². The maximum atomic E-state index is 14.8. The zero-order valence-electron chi connectivity index (χ0n) is 16.3. The second kappa shape index (κ2) is 9.31. The molecule has 28 heavy (non-hydrogen) atoms. The Kier molecular flexibility index (Phi) is 6.82. The van der Waals surface area contributed by atoms with Crippen molar-refractivity contribution in [2.45, 2.75) is 51.4 Å². The molecular weight excluding hydrogens is 361 g/mol. The zero-order valence-corrected chi connectivity index (χ0v) is 16.3. The van der Waals surface area contributed by atoms with Crippen molar-refractivity contribution >= 4 is 10.8 Å². The normalized spacial score (nSPS) is 20.0. The molecular formula is C24H27F3O. The third kappa shape index (κ3) is 4.26. The van der Waals surface area contributed by atoms with Crippen LogP contribution in [0.2, 0.25) is 0 Å². The molecule has 4 heteroatoms. The van der Waals surface area contributed by atoms with Crippen LogP contribution in [0.15, 0.2) is 43.0 Å². The van der Waals surface area contributed by atoms with E-state index in [1.54, 1.807) is 12.1 Å². The predicted molar refractivity (Wildman–Crippen MR) is 108 cm³/mol. The lowest BCUT2D eigenvalue weighted by atomic mass is 9.78. The first-order valence-electron chi connectivity index (χ1n) is 10.1. The van der Waals surface area contributed by atoms with Crippen LogP contribution in [0, 0.1) is 23.4 Å². The first-order valence-corrected chi connectivity index (χ1v) is 10.1. The average molecular weight is 388 g/mol. The largest absolute Gasteiger partial charge is 0.486 e. The number of unbranched alkanes of at least 4 members (excludes halogenated alkanes) is 1. The van der Waals surface area contributed by atoms with E-state index in [1.165, 1.54) is 12.1 Å². The van der Waals surface area contributed by atoms with E-state index in [2.05, 4.69) is 25.7 Å². The first kappa shape index (κ1) is 20.5. The SMILES string of the molecule is C=CCOc1ccc2cc(C3CCC(/C=C/CCC)CC3)c(F)c(F)c2c1F. The van der Waals surface area contributed by atoms with Gasteiger partial charge in [-0.1, -0.05) is 44.2 Å². The smallest absolute Gasteiger partial charge is 0.175 e. The highest BCUT2D eigenvalue weighted by molar-refractivity contribution is 5.86. The molecule has 0 atom stereocenters. The molecule has 150 valence electrons. The van der Waals surface area contributed by atoms with Crippen LogP contribution >= 0.6 is 0 Å². The highest BCUT2D eigenvalue weighted by atomic mass is 19.2. The quantitative estimate of drug-likeness (QED) is 0.448. The van der Waals surface area contributed by atoms with Gasteiger partial charge in [-0.2, -0.15) is 0 Å². The van der Waals surface area contributed by atoms with Crippen LogP contribution in [0.25, 0.3) is 10.8 Å². The molecule has 0 aliphatic heterocycles. The Morgan fingerprint density at radius 2 is 1.82 bits per heavy atom. The molecule has 2 aromatic rings. The van der Waals surface area contributed by atoms with Gasteiger partial charge < -0.3 is 4.74 Å². The van der Waals surface area contributed by atoms with E-state index in [1.807, 2.05) is 0 Å². The summed E-state index contributed by atoms with van der Waals surface area (Å²) in [5, 5.41) is 0.0151. The third-order valence-electron chi connectivity index (χ3n) is 5.55. The van der Waals surface area contributed by atoms with E-state index in [4.69, 9.17) is 4.74 Å². The summed E-state index contributed by atoms with van der Waals surface area (Å²) in [7, 11) is 0. The van der Waals surface area contributed by atoms with Crippen molar-refractivity contribution in [3.8, 4) is 5.75 Å². The van der Waals surface area contributed by atoms with Crippen LogP contribution < -0.4 is 4.74 Å². The summed E-state index contributed by atoms with van der Waals surface area (Å²) in [4.78, 5) is 0. The number of hydrogen-bond donors (Lipinski definition) is 0. The van der Waals surface area contributed by atoms with Crippen molar-refractivity contribution in [3.63, 3.8) is 0 Å². The van der Waals surface area contributed by atoms with Crippen LogP contribution in [-0.2, 0) is 0 Å². The Bertz CT molecular complexity index is 864. The average Bonchev–Trinajstić information content (AvgIpc) is 2.71. The van der Waals surface area contributed by atoms with E-state index in [-0.39, 0.29) is 23.7 Å². The second-order valence-corrected chi connectivity index (χ2v) is 7.50. The molecule has 0 amide bonds. The van der Waals surface area contributed by atoms with Crippen molar-refractivity contribution in [3.05, 3.63) is 66.0 Å². The fourth-order valence-electron chi connectivity index (χ4n) is 4.02. The fourth-order valence-corrected chi connectivity index (χ4v) is 4.02. The summed E-state index contributed by atoms with van der Waals surface area (Å²) in [6, 6.07) is 4.64. The van der Waals surface area contributed by atoms with E-state index in [0.717, 1.165) is 38.5 Å². The van der Waals surface area contributed by atoms with Crippen LogP contribution in [0.1, 0.15) is 56.9 Å². The molecule has 1 aliphatic rings. The molecule has 0 saturated heterocycles. The minimum Gasteiger partial charge on any atom is -0.486 e. The van der Waals surface area contributed by atoms with Crippen LogP contribution in [0.5, 0.6) is 5.75 Å². The Morgan fingerprint density at radius 1 is 1.07 bits per heavy atom. The summed E-state index contributed by atoms with van der Waals surface area (Å²) in [6.07, 6.45) is 11.7. The maximum absolute atomic E-state index is 14.8. The van der Waals surface area contributed by atoms with E-state index < -0.39 is 17.5 Å². The molecule has 1 fully saturated rings. The molecule has 0 aromatic heterocycles. The van der Waals surface area contributed by atoms with Crippen molar-refractivity contribution < 1.29 is 17.9 Å². The molecule has 0 heterocycles. The Hall–Kier alpha value is -2.23. The lowest BCUT2D eigenvalue weighted by Crippen LogP contribution is -2.14. The number of rotatable bonds is 7. The number of fused-ring (bicyclic) bond motifs is 1. The molecule has 1 aliphatic carbocycles. The molecule has 0 bridgehead atoms. The molecule has 2 aromatic carbocycles. The summed E-state index contributed by atoms with van der Waals surface area (Å²) >= 11 is 0. The predicted octanol–water partition coefficient (Wildman–Crippen LogP) is 7.45. The maximum Gasteiger partial charge on any atom is 0.175 e. The zero-order chi connectivity index (χ0) is 20.1. The molecule has 0 spiro atoms. The lowest BCUT2D eigenvalue weighted by molar-refractivity contribution is 0.343. The first-order chi connectivity index (χ1) is 13.6. The highest BCUT2D eigenvalue weighted by Gasteiger charge is 2.27. The number of benzene rings is 2. The minimum atomic E-state index is -1.13. The van der Waals surface area contributed by atoms with Crippen LogP contribution in [0.3, 0.4) is 0 Å². The van der Waals surface area contributed by atoms with Gasteiger partial charge in [-0.3, -0.25) is 0 Å². The minimum absolute atomic E-state index is 0.0329. The van der Waals surface area contributed by atoms with Gasteiger partial charge in [0.1, 0.15) is 6.61 Å². The van der Waals surface area contributed by atoms with Gasteiger partial charge in [-0.05, 0) is 67.0 Å². The van der Waals surface area contributed by atoms with Gasteiger partial charge in [0.2, 0.25) is 0 Å². The Balaban J connectivity index is 1.85. The molecule has 1 saturated carbocycles. The van der Waals surface area contributed by atoms with E-state index in [0.29, 0.717) is 16.9 Å². The number of allylic oxidation sites excluding steroid dienone is 2. The van der Waals surface area contributed by atoms with Gasteiger partial charge in [-0.15, -0.1) is 0 Å². The summed E-state index contributed by atoms with van der Waals surface area (Å²) in [5.41, 5.74) is 0.361. The van der Waals surface area contributed by atoms with Crippen molar-refractivity contribution in [2.75, 3.05) is 6.61 Å². The van der Waals surface area contributed by atoms with Gasteiger partial charge in [0.15, 0.2) is 23.2 Å². The monoisotopic (exact) mass is 388 g/mol. The van der Waals surface area contributed by atoms with E-state index in [9.17, 15) is 13.2 Å². The Labute approximate surface area is 164 Å². The number of halogens is 3. The molecule has 0 unspecified atom stereocenters. The van der Waals surface area contributed by atoms with Crippen LogP contribution in [-0.4, -0.2) is 6.61 Å².